The first-order valence-corrected chi connectivity index (χ1v) is 6.32. The molecule has 4 nitrogen and oxygen atoms in total. The quantitative estimate of drug-likeness (QED) is 0.815. The van der Waals surface area contributed by atoms with Gasteiger partial charge in [-0.3, -0.25) is 4.79 Å². The van der Waals surface area contributed by atoms with Gasteiger partial charge in [0.2, 0.25) is 5.91 Å². The van der Waals surface area contributed by atoms with E-state index in [-0.39, 0.29) is 24.2 Å². The van der Waals surface area contributed by atoms with Crippen LogP contribution in [0.25, 0.3) is 0 Å². The van der Waals surface area contributed by atoms with Gasteiger partial charge in [-0.05, 0) is 32.6 Å². The van der Waals surface area contributed by atoms with E-state index in [1.807, 2.05) is 25.1 Å². The molecule has 1 amide bonds. The van der Waals surface area contributed by atoms with Gasteiger partial charge in [0.1, 0.15) is 5.82 Å². The molecule has 1 atom stereocenters. The molecule has 0 saturated heterocycles. The molecule has 5 heteroatoms. The van der Waals surface area contributed by atoms with Crippen LogP contribution in [0.1, 0.15) is 24.5 Å². The standard InChI is InChI=1S/C14H22FN3O/c1-10(16)6-14(19)17-8-11-4-5-12(9-18(2)3)13(15)7-11/h4-5,7,10H,6,8-9,16H2,1-3H3,(H,17,19). The highest BCUT2D eigenvalue weighted by molar-refractivity contribution is 5.76. The van der Waals surface area contributed by atoms with E-state index in [2.05, 4.69) is 5.32 Å². The molecule has 106 valence electrons. The van der Waals surface area contributed by atoms with E-state index in [0.717, 1.165) is 5.56 Å². The summed E-state index contributed by atoms with van der Waals surface area (Å²) in [5.74, 6) is -0.361. The topological polar surface area (TPSA) is 58.4 Å². The molecule has 0 fully saturated rings. The average Bonchev–Trinajstić information content (AvgIpc) is 2.28. The molecule has 1 unspecified atom stereocenters. The molecule has 0 spiro atoms. The van der Waals surface area contributed by atoms with Crippen molar-refractivity contribution >= 4 is 5.91 Å². The van der Waals surface area contributed by atoms with E-state index in [9.17, 15) is 9.18 Å². The number of hydrogen-bond donors (Lipinski definition) is 2. The second-order valence-electron chi connectivity index (χ2n) is 5.12. The maximum absolute atomic E-state index is 13.8. The van der Waals surface area contributed by atoms with Gasteiger partial charge in [-0.1, -0.05) is 12.1 Å². The summed E-state index contributed by atoms with van der Waals surface area (Å²) in [5, 5.41) is 2.72. The minimum Gasteiger partial charge on any atom is -0.352 e. The van der Waals surface area contributed by atoms with Crippen molar-refractivity contribution < 1.29 is 9.18 Å². The smallest absolute Gasteiger partial charge is 0.221 e. The molecule has 0 aliphatic carbocycles. The molecule has 1 aromatic rings. The summed E-state index contributed by atoms with van der Waals surface area (Å²) < 4.78 is 13.8. The fourth-order valence-electron chi connectivity index (χ4n) is 1.73. The molecule has 0 heterocycles. The summed E-state index contributed by atoms with van der Waals surface area (Å²) in [4.78, 5) is 13.3. The summed E-state index contributed by atoms with van der Waals surface area (Å²) in [6.45, 7) is 2.66. The molecule has 1 aromatic carbocycles. The zero-order valence-electron chi connectivity index (χ0n) is 11.7. The minimum atomic E-state index is -0.243. The number of nitrogens with zero attached hydrogens (tertiary/aromatic N) is 1. The van der Waals surface area contributed by atoms with Gasteiger partial charge in [-0.2, -0.15) is 0 Å². The average molecular weight is 267 g/mol. The molecule has 0 aliphatic heterocycles. The van der Waals surface area contributed by atoms with Crippen molar-refractivity contribution in [2.24, 2.45) is 5.73 Å². The van der Waals surface area contributed by atoms with E-state index in [1.165, 1.54) is 6.07 Å². The third-order valence-electron chi connectivity index (χ3n) is 2.60. The van der Waals surface area contributed by atoms with E-state index >= 15 is 0 Å². The number of amides is 1. The van der Waals surface area contributed by atoms with Crippen molar-refractivity contribution in [3.8, 4) is 0 Å². The monoisotopic (exact) mass is 267 g/mol. The van der Waals surface area contributed by atoms with Crippen LogP contribution < -0.4 is 11.1 Å². The summed E-state index contributed by atoms with van der Waals surface area (Å²) in [6, 6.07) is 4.88. The molecule has 0 radical (unpaired) electrons. The summed E-state index contributed by atoms with van der Waals surface area (Å²) in [7, 11) is 3.78. The van der Waals surface area contributed by atoms with Gasteiger partial charge >= 0.3 is 0 Å². The van der Waals surface area contributed by atoms with Crippen molar-refractivity contribution in [2.45, 2.75) is 32.5 Å². The normalized spacial score (nSPS) is 12.5. The Morgan fingerprint density at radius 2 is 2.16 bits per heavy atom. The lowest BCUT2D eigenvalue weighted by atomic mass is 10.1. The number of nitrogens with two attached hydrogens (primary N) is 1. The third-order valence-corrected chi connectivity index (χ3v) is 2.60. The first-order chi connectivity index (χ1) is 8.88. The Hall–Kier alpha value is -1.46. The van der Waals surface area contributed by atoms with E-state index in [4.69, 9.17) is 5.73 Å². The fraction of sp³-hybridized carbons (Fsp3) is 0.500. The number of benzene rings is 1. The molecule has 0 bridgehead atoms. The molecule has 0 aromatic heterocycles. The lowest BCUT2D eigenvalue weighted by molar-refractivity contribution is -0.121. The highest BCUT2D eigenvalue weighted by Gasteiger charge is 2.07. The zero-order valence-corrected chi connectivity index (χ0v) is 11.7. The number of carbonyl (C=O) groups is 1. The fourth-order valence-corrected chi connectivity index (χ4v) is 1.73. The van der Waals surface area contributed by atoms with Crippen molar-refractivity contribution in [3.63, 3.8) is 0 Å². The first kappa shape index (κ1) is 15.6. The lowest BCUT2D eigenvalue weighted by Crippen LogP contribution is -2.29. The van der Waals surface area contributed by atoms with Crippen molar-refractivity contribution in [3.05, 3.63) is 35.1 Å². The lowest BCUT2D eigenvalue weighted by Gasteiger charge is -2.12. The SMILES string of the molecule is CC(N)CC(=O)NCc1ccc(CN(C)C)c(F)c1. The molecular formula is C14H22FN3O. The van der Waals surface area contributed by atoms with Gasteiger partial charge in [-0.25, -0.2) is 4.39 Å². The Morgan fingerprint density at radius 3 is 2.68 bits per heavy atom. The second-order valence-corrected chi connectivity index (χ2v) is 5.12. The Kier molecular flexibility index (Phi) is 5.92. The zero-order chi connectivity index (χ0) is 14.4. The summed E-state index contributed by atoms with van der Waals surface area (Å²) >= 11 is 0. The van der Waals surface area contributed by atoms with Crippen LogP contribution in [-0.2, 0) is 17.9 Å². The number of carbonyl (C=O) groups excluding carboxylic acids is 1. The van der Waals surface area contributed by atoms with Crippen LogP contribution >= 0.6 is 0 Å². The first-order valence-electron chi connectivity index (χ1n) is 6.32. The third kappa shape index (κ3) is 5.81. The number of rotatable bonds is 6. The van der Waals surface area contributed by atoms with Crippen LogP contribution in [0.15, 0.2) is 18.2 Å². The maximum atomic E-state index is 13.8. The van der Waals surface area contributed by atoms with Crippen molar-refractivity contribution in [1.29, 1.82) is 0 Å². The van der Waals surface area contributed by atoms with E-state index in [1.54, 1.807) is 13.0 Å². The van der Waals surface area contributed by atoms with E-state index in [0.29, 0.717) is 18.7 Å². The summed E-state index contributed by atoms with van der Waals surface area (Å²) in [5.41, 5.74) is 6.92. The van der Waals surface area contributed by atoms with Gasteiger partial charge in [0, 0.05) is 31.1 Å². The summed E-state index contributed by atoms with van der Waals surface area (Å²) in [6.07, 6.45) is 0.279. The Labute approximate surface area is 113 Å². The van der Waals surface area contributed by atoms with Crippen LogP contribution in [0.3, 0.4) is 0 Å². The second kappa shape index (κ2) is 7.21. The molecule has 19 heavy (non-hydrogen) atoms. The molecular weight excluding hydrogens is 245 g/mol. The Bertz CT molecular complexity index is 433. The van der Waals surface area contributed by atoms with Crippen LogP contribution in [0.5, 0.6) is 0 Å². The van der Waals surface area contributed by atoms with Gasteiger partial charge in [-0.15, -0.1) is 0 Å². The van der Waals surface area contributed by atoms with Crippen molar-refractivity contribution in [1.82, 2.24) is 10.2 Å². The van der Waals surface area contributed by atoms with Gasteiger partial charge in [0.05, 0.1) is 0 Å². The van der Waals surface area contributed by atoms with E-state index < -0.39 is 0 Å². The van der Waals surface area contributed by atoms with Crippen molar-refractivity contribution in [2.75, 3.05) is 14.1 Å². The molecule has 1 rings (SSSR count). The predicted octanol–water partition coefficient (Wildman–Crippen LogP) is 1.24. The molecule has 3 N–H and O–H groups in total. The minimum absolute atomic E-state index is 0.118. The highest BCUT2D eigenvalue weighted by atomic mass is 19.1. The predicted molar refractivity (Wildman–Crippen MR) is 73.9 cm³/mol. The van der Waals surface area contributed by atoms with Gasteiger partial charge in [0.25, 0.3) is 0 Å². The van der Waals surface area contributed by atoms with Crippen LogP contribution in [-0.4, -0.2) is 30.9 Å². The number of hydrogen-bond acceptors (Lipinski definition) is 3. The Morgan fingerprint density at radius 1 is 1.47 bits per heavy atom. The van der Waals surface area contributed by atoms with Crippen LogP contribution in [0.2, 0.25) is 0 Å². The van der Waals surface area contributed by atoms with Crippen LogP contribution in [0.4, 0.5) is 4.39 Å². The van der Waals surface area contributed by atoms with Gasteiger partial charge in [0.15, 0.2) is 0 Å². The van der Waals surface area contributed by atoms with Crippen LogP contribution in [0, 0.1) is 5.82 Å². The van der Waals surface area contributed by atoms with Gasteiger partial charge < -0.3 is 16.0 Å². The highest BCUT2D eigenvalue weighted by Crippen LogP contribution is 2.12. The number of nitrogens with one attached hydrogen (secondary N) is 1. The molecule has 0 saturated carbocycles. The molecule has 0 aliphatic rings. The Balaban J connectivity index is 2.56. The maximum Gasteiger partial charge on any atom is 0.221 e. The largest absolute Gasteiger partial charge is 0.352 e. The number of halogens is 1.